The molecule has 300 valence electrons. The molecular weight excluding hydrogens is 894 g/mol. The Labute approximate surface area is 358 Å². The molecule has 0 aliphatic rings. The quantitative estimate of drug-likeness (QED) is 0.128. The maximum absolute atomic E-state index is 6.74. The first-order valence-electron chi connectivity index (χ1n) is 19.9. The second-order valence-corrected chi connectivity index (χ2v) is 19.4. The van der Waals surface area contributed by atoms with Crippen LogP contribution >= 0.6 is 0 Å². The SMILES string of the molecule is CC(C)(C)c1cc(-[n+]2[c-]n(-c3[c-]c(Oc4[c-]c5c(c(C(C)(C)C)c4)c4ccccc4n5-c4cc(C(C)(C)C)ccn4)ccn3)c3ccccc32)cc(C(C)(C)C)c1.[Pt]. The Morgan fingerprint density at radius 3 is 1.86 bits per heavy atom. The third kappa shape index (κ3) is 7.64. The van der Waals surface area contributed by atoms with Crippen LogP contribution in [0, 0.1) is 18.5 Å². The molecule has 7 heteroatoms. The van der Waals surface area contributed by atoms with Crippen LogP contribution < -0.4 is 9.30 Å². The first kappa shape index (κ1) is 41.1. The van der Waals surface area contributed by atoms with Crippen LogP contribution in [0.2, 0.25) is 0 Å². The van der Waals surface area contributed by atoms with Crippen molar-refractivity contribution in [2.75, 3.05) is 0 Å². The zero-order valence-electron chi connectivity index (χ0n) is 35.8. The molecule has 0 aliphatic heterocycles. The van der Waals surface area contributed by atoms with Gasteiger partial charge in [-0.25, -0.2) is 4.98 Å². The zero-order chi connectivity index (χ0) is 40.7. The number of para-hydroxylation sites is 3. The van der Waals surface area contributed by atoms with Gasteiger partial charge in [0, 0.05) is 38.5 Å². The van der Waals surface area contributed by atoms with Crippen molar-refractivity contribution in [3.8, 4) is 28.8 Å². The number of ether oxygens (including phenoxy) is 1. The second-order valence-electron chi connectivity index (χ2n) is 19.4. The third-order valence-corrected chi connectivity index (χ3v) is 10.9. The first-order chi connectivity index (χ1) is 26.8. The Morgan fingerprint density at radius 1 is 0.586 bits per heavy atom. The van der Waals surface area contributed by atoms with Crippen molar-refractivity contribution in [3.63, 3.8) is 0 Å². The summed E-state index contributed by atoms with van der Waals surface area (Å²) in [6, 6.07) is 39.3. The molecule has 0 N–H and O–H groups in total. The minimum Gasteiger partial charge on any atom is -0.522 e. The molecule has 0 fully saturated rings. The molecular formula is C51H53N5OPt-2. The topological polar surface area (TPSA) is 48.8 Å². The minimum atomic E-state index is -0.196. The molecule has 0 unspecified atom stereocenters. The number of imidazole rings is 1. The number of fused-ring (bicyclic) bond motifs is 4. The summed E-state index contributed by atoms with van der Waals surface area (Å²) in [5.74, 6) is 2.57. The van der Waals surface area contributed by atoms with E-state index in [1.54, 1.807) is 6.20 Å². The number of nitrogens with zero attached hydrogens (tertiary/aromatic N) is 5. The summed E-state index contributed by atoms with van der Waals surface area (Å²) in [6.07, 6.45) is 7.33. The van der Waals surface area contributed by atoms with Crippen LogP contribution in [0.15, 0.2) is 103 Å². The number of hydrogen-bond donors (Lipinski definition) is 0. The molecule has 0 bridgehead atoms. The van der Waals surface area contributed by atoms with Crippen LogP contribution in [0.1, 0.15) is 105 Å². The second kappa shape index (κ2) is 14.6. The summed E-state index contributed by atoms with van der Waals surface area (Å²) in [7, 11) is 0. The van der Waals surface area contributed by atoms with Gasteiger partial charge in [0.05, 0.1) is 22.5 Å². The van der Waals surface area contributed by atoms with Crippen molar-refractivity contribution in [2.24, 2.45) is 0 Å². The van der Waals surface area contributed by atoms with E-state index in [-0.39, 0.29) is 42.7 Å². The van der Waals surface area contributed by atoms with Gasteiger partial charge in [-0.05, 0) is 79.8 Å². The number of hydrogen-bond acceptors (Lipinski definition) is 3. The summed E-state index contributed by atoms with van der Waals surface area (Å²) in [4.78, 5) is 9.71. The van der Waals surface area contributed by atoms with Gasteiger partial charge in [-0.1, -0.05) is 149 Å². The predicted octanol–water partition coefficient (Wildman–Crippen LogP) is 12.2. The van der Waals surface area contributed by atoms with E-state index >= 15 is 0 Å². The maximum atomic E-state index is 6.74. The van der Waals surface area contributed by atoms with Gasteiger partial charge in [0.1, 0.15) is 5.82 Å². The number of pyridine rings is 2. The van der Waals surface area contributed by atoms with Crippen LogP contribution in [-0.2, 0) is 42.7 Å². The van der Waals surface area contributed by atoms with Crippen molar-refractivity contribution in [1.82, 2.24) is 19.1 Å². The average molecular weight is 947 g/mol. The molecule has 0 aliphatic carbocycles. The number of aromatic nitrogens is 5. The Hall–Kier alpha value is -5.06. The average Bonchev–Trinajstić information content (AvgIpc) is 3.69. The number of benzene rings is 4. The van der Waals surface area contributed by atoms with Crippen molar-refractivity contribution < 1.29 is 30.4 Å². The molecule has 8 rings (SSSR count). The molecule has 0 spiro atoms. The van der Waals surface area contributed by atoms with Gasteiger partial charge in [-0.15, -0.1) is 17.7 Å². The third-order valence-electron chi connectivity index (χ3n) is 10.9. The summed E-state index contributed by atoms with van der Waals surface area (Å²) in [5.41, 5.74) is 9.71. The fourth-order valence-electron chi connectivity index (χ4n) is 7.54. The summed E-state index contributed by atoms with van der Waals surface area (Å²) in [6.45, 7) is 27.0. The fraction of sp³-hybridized carbons (Fsp3) is 0.314. The van der Waals surface area contributed by atoms with Crippen LogP contribution in [-0.4, -0.2) is 19.1 Å². The summed E-state index contributed by atoms with van der Waals surface area (Å²) < 4.78 is 13.1. The van der Waals surface area contributed by atoms with Crippen molar-refractivity contribution in [2.45, 2.75) is 105 Å². The van der Waals surface area contributed by atoms with E-state index in [1.165, 1.54) is 22.3 Å². The zero-order valence-corrected chi connectivity index (χ0v) is 38.0. The fourth-order valence-corrected chi connectivity index (χ4v) is 7.54. The molecule has 0 saturated carbocycles. The molecule has 4 aromatic heterocycles. The van der Waals surface area contributed by atoms with E-state index in [0.717, 1.165) is 44.3 Å². The van der Waals surface area contributed by atoms with Gasteiger partial charge in [0.2, 0.25) is 0 Å². The molecule has 58 heavy (non-hydrogen) atoms. The van der Waals surface area contributed by atoms with E-state index < -0.39 is 0 Å². The standard InChI is InChI=1S/C51H53N5O.Pt/c1-48(2,3)33-21-23-53-46(28-33)56-41-18-14-13-17-39(41)47-40(51(10,11)12)29-38(30-44(47)56)57-37-22-24-52-45(31-37)55-32-54(42-19-15-16-20-43(42)55)36-26-34(49(4,5)6)25-35(27-36)50(7,8)9;/h13-29H,1-12H3;/q-2;. The Balaban J connectivity index is 0.00000512. The van der Waals surface area contributed by atoms with Crippen LogP contribution in [0.3, 0.4) is 0 Å². The van der Waals surface area contributed by atoms with E-state index in [2.05, 4.69) is 190 Å². The molecule has 4 aromatic carbocycles. The van der Waals surface area contributed by atoms with E-state index in [9.17, 15) is 0 Å². The monoisotopic (exact) mass is 946 g/mol. The van der Waals surface area contributed by atoms with Crippen LogP contribution in [0.5, 0.6) is 11.5 Å². The normalized spacial score (nSPS) is 12.7. The van der Waals surface area contributed by atoms with Gasteiger partial charge in [0.25, 0.3) is 6.33 Å². The van der Waals surface area contributed by atoms with Gasteiger partial charge in [-0.3, -0.25) is 14.1 Å². The molecule has 6 nitrogen and oxygen atoms in total. The molecule has 0 radical (unpaired) electrons. The largest absolute Gasteiger partial charge is 0.522 e. The summed E-state index contributed by atoms with van der Waals surface area (Å²) in [5, 5.41) is 2.31. The molecule has 0 amide bonds. The van der Waals surface area contributed by atoms with E-state index in [1.807, 2.05) is 22.9 Å². The Bertz CT molecular complexity index is 2780. The smallest absolute Gasteiger partial charge is 0.269 e. The van der Waals surface area contributed by atoms with Gasteiger partial charge >= 0.3 is 0 Å². The minimum absolute atomic E-state index is 0. The first-order valence-corrected chi connectivity index (χ1v) is 19.9. The van der Waals surface area contributed by atoms with Gasteiger partial charge < -0.3 is 9.30 Å². The predicted molar refractivity (Wildman–Crippen MR) is 233 cm³/mol. The van der Waals surface area contributed by atoms with Crippen molar-refractivity contribution in [3.05, 3.63) is 144 Å². The van der Waals surface area contributed by atoms with Crippen molar-refractivity contribution >= 4 is 32.8 Å². The molecule has 0 atom stereocenters. The summed E-state index contributed by atoms with van der Waals surface area (Å²) >= 11 is 0. The van der Waals surface area contributed by atoms with Crippen LogP contribution in [0.4, 0.5) is 0 Å². The molecule has 0 saturated heterocycles. The van der Waals surface area contributed by atoms with Gasteiger partial charge in [-0.2, -0.15) is 12.1 Å². The van der Waals surface area contributed by atoms with Crippen molar-refractivity contribution in [1.29, 1.82) is 0 Å². The maximum Gasteiger partial charge on any atom is 0.269 e. The van der Waals surface area contributed by atoms with Gasteiger partial charge in [0.15, 0.2) is 0 Å². The Morgan fingerprint density at radius 2 is 1.21 bits per heavy atom. The molecule has 8 aromatic rings. The van der Waals surface area contributed by atoms with E-state index in [0.29, 0.717) is 17.3 Å². The molecule has 4 heterocycles. The Kier molecular flexibility index (Phi) is 10.4. The van der Waals surface area contributed by atoms with E-state index in [4.69, 9.17) is 14.7 Å². The van der Waals surface area contributed by atoms with Crippen LogP contribution in [0.25, 0.3) is 50.2 Å². The number of rotatable bonds is 5.